The Labute approximate surface area is 158 Å². The molecule has 6 heteroatoms. The summed E-state index contributed by atoms with van der Waals surface area (Å²) in [6, 6.07) is 12.7. The van der Waals surface area contributed by atoms with Crippen molar-refractivity contribution in [2.45, 2.75) is 25.6 Å². The SMILES string of the molecule is CC(=O)NC1C2CN(Cc3ccc([C@H]4COc5cccnc5O4)cc3)C[C@H]21. The van der Waals surface area contributed by atoms with Crippen molar-refractivity contribution in [2.75, 3.05) is 19.7 Å². The summed E-state index contributed by atoms with van der Waals surface area (Å²) in [7, 11) is 0. The van der Waals surface area contributed by atoms with E-state index in [1.165, 1.54) is 5.56 Å². The van der Waals surface area contributed by atoms with Crippen LogP contribution in [0.5, 0.6) is 11.6 Å². The number of aromatic nitrogens is 1. The number of rotatable bonds is 4. The van der Waals surface area contributed by atoms with Crippen LogP contribution in [0, 0.1) is 11.8 Å². The average Bonchev–Trinajstić information content (AvgIpc) is 3.11. The van der Waals surface area contributed by atoms with E-state index in [1.54, 1.807) is 13.1 Å². The fourth-order valence-electron chi connectivity index (χ4n) is 4.36. The van der Waals surface area contributed by atoms with Crippen LogP contribution in [0.3, 0.4) is 0 Å². The van der Waals surface area contributed by atoms with Crippen molar-refractivity contribution in [2.24, 2.45) is 11.8 Å². The third kappa shape index (κ3) is 3.25. The molecule has 1 saturated heterocycles. The number of hydrogen-bond acceptors (Lipinski definition) is 5. The highest BCUT2D eigenvalue weighted by atomic mass is 16.6. The van der Waals surface area contributed by atoms with Crippen molar-refractivity contribution in [1.29, 1.82) is 0 Å². The number of pyridine rings is 1. The van der Waals surface area contributed by atoms with Crippen molar-refractivity contribution >= 4 is 5.91 Å². The molecule has 2 unspecified atom stereocenters. The summed E-state index contributed by atoms with van der Waals surface area (Å²) >= 11 is 0. The predicted molar refractivity (Wildman–Crippen MR) is 99.4 cm³/mol. The molecule has 140 valence electrons. The Kier molecular flexibility index (Phi) is 4.01. The lowest BCUT2D eigenvalue weighted by Crippen LogP contribution is -2.33. The molecular weight excluding hydrogens is 342 g/mol. The summed E-state index contributed by atoms with van der Waals surface area (Å²) in [5.41, 5.74) is 2.40. The quantitative estimate of drug-likeness (QED) is 0.900. The number of nitrogens with one attached hydrogen (secondary N) is 1. The number of amides is 1. The van der Waals surface area contributed by atoms with E-state index in [1.807, 2.05) is 12.1 Å². The summed E-state index contributed by atoms with van der Waals surface area (Å²) in [4.78, 5) is 17.9. The van der Waals surface area contributed by atoms with Gasteiger partial charge in [0.1, 0.15) is 6.61 Å². The van der Waals surface area contributed by atoms with Gasteiger partial charge < -0.3 is 14.8 Å². The van der Waals surface area contributed by atoms with Crippen LogP contribution in [0.1, 0.15) is 24.2 Å². The van der Waals surface area contributed by atoms with Crippen molar-refractivity contribution in [1.82, 2.24) is 15.2 Å². The van der Waals surface area contributed by atoms with Gasteiger partial charge in [0.15, 0.2) is 11.9 Å². The minimum Gasteiger partial charge on any atom is -0.484 e. The molecule has 0 spiro atoms. The number of likely N-dealkylation sites (tertiary alicyclic amines) is 1. The van der Waals surface area contributed by atoms with E-state index in [9.17, 15) is 4.79 Å². The van der Waals surface area contributed by atoms with E-state index in [0.29, 0.717) is 36.1 Å². The minimum absolute atomic E-state index is 0.0864. The van der Waals surface area contributed by atoms with Crippen LogP contribution in [0.2, 0.25) is 0 Å². The molecule has 2 aliphatic heterocycles. The van der Waals surface area contributed by atoms with Gasteiger partial charge in [-0.05, 0) is 35.1 Å². The van der Waals surface area contributed by atoms with Gasteiger partial charge in [0.2, 0.25) is 5.91 Å². The number of ether oxygens (including phenoxy) is 2. The molecular formula is C21H23N3O3. The lowest BCUT2D eigenvalue weighted by atomic mass is 10.1. The van der Waals surface area contributed by atoms with Crippen LogP contribution in [-0.4, -0.2) is 41.5 Å². The van der Waals surface area contributed by atoms with Crippen molar-refractivity contribution in [3.8, 4) is 11.6 Å². The third-order valence-corrected chi connectivity index (χ3v) is 5.78. The summed E-state index contributed by atoms with van der Waals surface area (Å²) < 4.78 is 11.7. The van der Waals surface area contributed by atoms with Crippen LogP contribution < -0.4 is 14.8 Å². The molecule has 4 atom stereocenters. The van der Waals surface area contributed by atoms with Gasteiger partial charge in [0, 0.05) is 38.8 Å². The second kappa shape index (κ2) is 6.53. The maximum atomic E-state index is 11.2. The van der Waals surface area contributed by atoms with Crippen LogP contribution >= 0.6 is 0 Å². The molecule has 3 heterocycles. The first-order valence-electron chi connectivity index (χ1n) is 9.50. The number of fused-ring (bicyclic) bond motifs is 2. The summed E-state index contributed by atoms with van der Waals surface area (Å²) in [5, 5.41) is 3.06. The largest absolute Gasteiger partial charge is 0.484 e. The number of nitrogens with zero attached hydrogens (tertiary/aromatic N) is 2. The molecule has 2 fully saturated rings. The Hall–Kier alpha value is -2.60. The molecule has 1 amide bonds. The normalized spacial score (nSPS) is 28.5. The first-order valence-corrected chi connectivity index (χ1v) is 9.50. The first-order chi connectivity index (χ1) is 13.2. The van der Waals surface area contributed by atoms with Gasteiger partial charge >= 0.3 is 0 Å². The molecule has 2 aromatic rings. The molecule has 0 bridgehead atoms. The number of benzene rings is 1. The fourth-order valence-corrected chi connectivity index (χ4v) is 4.36. The lowest BCUT2D eigenvalue weighted by Gasteiger charge is -2.26. The topological polar surface area (TPSA) is 63.7 Å². The van der Waals surface area contributed by atoms with Gasteiger partial charge in [-0.1, -0.05) is 24.3 Å². The molecule has 5 rings (SSSR count). The second-order valence-electron chi connectivity index (χ2n) is 7.71. The van der Waals surface area contributed by atoms with Crippen LogP contribution in [-0.2, 0) is 11.3 Å². The molecule has 0 radical (unpaired) electrons. The summed E-state index contributed by atoms with van der Waals surface area (Å²) in [6.45, 7) is 5.19. The number of carbonyl (C=O) groups excluding carboxylic acids is 1. The Morgan fingerprint density at radius 2 is 2.00 bits per heavy atom. The first kappa shape index (κ1) is 16.6. The number of piperidine rings is 1. The van der Waals surface area contributed by atoms with Gasteiger partial charge in [0.05, 0.1) is 0 Å². The fraction of sp³-hybridized carbons (Fsp3) is 0.429. The van der Waals surface area contributed by atoms with Crippen LogP contribution in [0.25, 0.3) is 0 Å². The van der Waals surface area contributed by atoms with Gasteiger partial charge in [-0.25, -0.2) is 4.98 Å². The molecule has 1 N–H and O–H groups in total. The molecule has 1 aromatic carbocycles. The Morgan fingerprint density at radius 1 is 1.22 bits per heavy atom. The summed E-state index contributed by atoms with van der Waals surface area (Å²) in [6.07, 6.45) is 1.59. The van der Waals surface area contributed by atoms with Crippen molar-refractivity contribution in [3.63, 3.8) is 0 Å². The van der Waals surface area contributed by atoms with Gasteiger partial charge in [-0.15, -0.1) is 0 Å². The van der Waals surface area contributed by atoms with Gasteiger partial charge in [-0.2, -0.15) is 0 Å². The minimum atomic E-state index is -0.126. The van der Waals surface area contributed by atoms with Crippen LogP contribution in [0.15, 0.2) is 42.6 Å². The van der Waals surface area contributed by atoms with Crippen LogP contribution in [0.4, 0.5) is 0 Å². The number of hydrogen-bond donors (Lipinski definition) is 1. The molecule has 1 aliphatic carbocycles. The average molecular weight is 365 g/mol. The Balaban J connectivity index is 1.17. The number of carbonyl (C=O) groups is 1. The van der Waals surface area contributed by atoms with E-state index >= 15 is 0 Å². The van der Waals surface area contributed by atoms with E-state index < -0.39 is 0 Å². The highest BCUT2D eigenvalue weighted by Gasteiger charge is 2.55. The highest BCUT2D eigenvalue weighted by Crippen LogP contribution is 2.45. The van der Waals surface area contributed by atoms with Gasteiger partial charge in [0.25, 0.3) is 5.88 Å². The lowest BCUT2D eigenvalue weighted by molar-refractivity contribution is -0.119. The van der Waals surface area contributed by atoms with E-state index in [-0.39, 0.29) is 12.0 Å². The maximum Gasteiger partial charge on any atom is 0.257 e. The Bertz CT molecular complexity index is 842. The summed E-state index contributed by atoms with van der Waals surface area (Å²) in [5.74, 6) is 2.61. The third-order valence-electron chi connectivity index (χ3n) is 5.78. The molecule has 3 aliphatic rings. The smallest absolute Gasteiger partial charge is 0.257 e. The Morgan fingerprint density at radius 3 is 2.74 bits per heavy atom. The zero-order valence-electron chi connectivity index (χ0n) is 15.3. The van der Waals surface area contributed by atoms with E-state index in [0.717, 1.165) is 25.2 Å². The second-order valence-corrected chi connectivity index (χ2v) is 7.71. The molecule has 27 heavy (non-hydrogen) atoms. The van der Waals surface area contributed by atoms with E-state index in [4.69, 9.17) is 9.47 Å². The molecule has 6 nitrogen and oxygen atoms in total. The zero-order chi connectivity index (χ0) is 18.4. The van der Waals surface area contributed by atoms with E-state index in [2.05, 4.69) is 39.5 Å². The standard InChI is InChI=1S/C21H23N3O3/c1-13(25)23-20-16-10-24(11-17(16)20)9-14-4-6-15(7-5-14)19-12-26-18-3-2-8-22-21(18)27-19/h2-8,16-17,19-20H,9-12H2,1H3,(H,23,25)/t16-,17?,19-,20?/m1/s1. The van der Waals surface area contributed by atoms with Crippen molar-refractivity contribution < 1.29 is 14.3 Å². The zero-order valence-corrected chi connectivity index (χ0v) is 15.3. The molecule has 1 aromatic heterocycles. The highest BCUT2D eigenvalue weighted by molar-refractivity contribution is 5.73. The maximum absolute atomic E-state index is 11.2. The predicted octanol–water partition coefficient (Wildman–Crippen LogP) is 2.16. The van der Waals surface area contributed by atoms with Gasteiger partial charge in [-0.3, -0.25) is 9.69 Å². The monoisotopic (exact) mass is 365 g/mol. The van der Waals surface area contributed by atoms with Crippen molar-refractivity contribution in [3.05, 3.63) is 53.7 Å². The molecule has 1 saturated carbocycles.